The topological polar surface area (TPSA) is 12.9 Å². The average Bonchev–Trinajstić information content (AvgIpc) is 2.38. The van der Waals surface area contributed by atoms with Crippen molar-refractivity contribution in [1.82, 2.24) is 4.98 Å². The van der Waals surface area contributed by atoms with Crippen molar-refractivity contribution in [3.8, 4) is 11.1 Å². The largest absolute Gasteiger partial charge is 0.266 e. The van der Waals surface area contributed by atoms with Gasteiger partial charge in [0.15, 0.2) is 0 Å². The summed E-state index contributed by atoms with van der Waals surface area (Å²) < 4.78 is 38.3. The zero-order chi connectivity index (χ0) is 15.8. The number of aromatic nitrogens is 1. The van der Waals surface area contributed by atoms with Gasteiger partial charge < -0.3 is 0 Å². The maximum absolute atomic E-state index is 13.4. The van der Waals surface area contributed by atoms with Crippen LogP contribution in [0.3, 0.4) is 0 Å². The highest BCUT2D eigenvalue weighted by molar-refractivity contribution is 6.61. The second-order valence-corrected chi connectivity index (χ2v) is 6.31. The van der Waals surface area contributed by atoms with Crippen LogP contribution in [0, 0.1) is 12.7 Å². The fraction of sp³-hybridized carbons (Fsp3) is 0.214. The van der Waals surface area contributed by atoms with Gasteiger partial charge in [-0.2, -0.15) is 0 Å². The predicted molar refractivity (Wildman–Crippen MR) is 83.9 cm³/mol. The van der Waals surface area contributed by atoms with E-state index in [1.165, 1.54) is 6.07 Å². The summed E-state index contributed by atoms with van der Waals surface area (Å²) in [5, 5.41) is 0. The third kappa shape index (κ3) is 3.43. The zero-order valence-corrected chi connectivity index (χ0v) is 12.7. The highest BCUT2D eigenvalue weighted by atomic mass is 35.5. The summed E-state index contributed by atoms with van der Waals surface area (Å²) in [5.41, 5.74) is 2.09. The number of aryl methyl sites for hydroxylation is 1. The first-order valence-corrected chi connectivity index (χ1v) is 6.82. The molecule has 1 aromatic heterocycles. The number of pyridine rings is 1. The number of nitrogens with zero attached hydrogens (tertiary/aromatic N) is 1. The van der Waals surface area contributed by atoms with Gasteiger partial charge in [-0.15, -0.1) is 11.6 Å². The van der Waals surface area contributed by atoms with Crippen molar-refractivity contribution >= 4 is 27.3 Å². The van der Waals surface area contributed by atoms with E-state index in [4.69, 9.17) is 11.6 Å². The molecule has 1 nitrogen and oxygen atoms in total. The minimum atomic E-state index is -2.85. The number of alkyl halides is 3. The van der Waals surface area contributed by atoms with Gasteiger partial charge >= 0.3 is 0 Å². The lowest BCUT2D eigenvalue weighted by molar-refractivity contribution is 0.146. The van der Waals surface area contributed by atoms with Crippen molar-refractivity contribution < 1.29 is 13.2 Å². The lowest BCUT2D eigenvalue weighted by atomic mass is 9.65. The van der Waals surface area contributed by atoms with Crippen LogP contribution in [0.1, 0.15) is 23.2 Å². The molecule has 7 heteroatoms. The van der Waals surface area contributed by atoms with Gasteiger partial charge in [-0.05, 0) is 36.2 Å². The van der Waals surface area contributed by atoms with Crippen LogP contribution in [0.5, 0.6) is 0 Å². The van der Waals surface area contributed by atoms with Gasteiger partial charge in [-0.25, -0.2) is 13.2 Å². The number of halogens is 4. The minimum absolute atomic E-state index is 0.487. The summed E-state index contributed by atoms with van der Waals surface area (Å²) >= 11 is 6.31. The number of benzene rings is 1. The Hall–Kier alpha value is -1.42. The molecule has 0 fully saturated rings. The predicted octanol–water partition coefficient (Wildman–Crippen LogP) is 2.75. The molecule has 108 valence electrons. The maximum Gasteiger partial charge on any atom is 0.266 e. The van der Waals surface area contributed by atoms with Crippen LogP contribution in [0.2, 0.25) is 0 Å². The van der Waals surface area contributed by atoms with Gasteiger partial charge in [0.05, 0.1) is 5.56 Å². The summed E-state index contributed by atoms with van der Waals surface area (Å²) in [6.45, 7) is 1.83. The Morgan fingerprint density at radius 1 is 1.19 bits per heavy atom. The second kappa shape index (κ2) is 5.76. The van der Waals surface area contributed by atoms with Gasteiger partial charge in [0, 0.05) is 22.1 Å². The number of hydrogen-bond donors (Lipinski definition) is 0. The Morgan fingerprint density at radius 2 is 1.86 bits per heavy atom. The Morgan fingerprint density at radius 3 is 2.43 bits per heavy atom. The standard InChI is InChI=1S/C14H13B2ClF3N/c1-7-11(14(15,16)17)5-9(6-21-7)8-2-3-12(18)10(4-8)13(19)20/h2-6,13H,15-16H2,1H3. The summed E-state index contributed by atoms with van der Waals surface area (Å²) in [4.78, 5) is 4.25. The first-order chi connectivity index (χ1) is 9.70. The fourth-order valence-corrected chi connectivity index (χ4v) is 2.37. The smallest absolute Gasteiger partial charge is 0.261 e. The van der Waals surface area contributed by atoms with Crippen molar-refractivity contribution in [3.63, 3.8) is 0 Å². The van der Waals surface area contributed by atoms with E-state index in [9.17, 15) is 13.2 Å². The molecular formula is C14H13B2ClF3N. The third-order valence-electron chi connectivity index (χ3n) is 3.29. The van der Waals surface area contributed by atoms with Gasteiger partial charge in [0.2, 0.25) is 0 Å². The van der Waals surface area contributed by atoms with Crippen LogP contribution >= 0.6 is 11.6 Å². The van der Waals surface area contributed by atoms with Crippen molar-refractivity contribution in [2.75, 3.05) is 0 Å². The SMILES string of the molecule is BC(B)(Cl)c1cc(-c2ccc(F)c(C(F)F)c2)cnc1C. The molecule has 0 aliphatic rings. The zero-order valence-electron chi connectivity index (χ0n) is 11.9. The van der Waals surface area contributed by atoms with Crippen LogP contribution in [-0.4, -0.2) is 20.7 Å². The molecule has 0 atom stereocenters. The van der Waals surface area contributed by atoms with E-state index in [0.717, 1.165) is 23.4 Å². The first-order valence-electron chi connectivity index (χ1n) is 6.44. The third-order valence-corrected chi connectivity index (χ3v) is 3.50. The quantitative estimate of drug-likeness (QED) is 0.627. The lowest BCUT2D eigenvalue weighted by Gasteiger charge is -2.19. The summed E-state index contributed by atoms with van der Waals surface area (Å²) in [6.07, 6.45) is -1.28. The summed E-state index contributed by atoms with van der Waals surface area (Å²) in [7, 11) is 3.66. The molecule has 0 saturated heterocycles. The molecule has 2 rings (SSSR count). The Bertz CT molecular complexity index is 672. The van der Waals surface area contributed by atoms with Crippen molar-refractivity contribution in [3.05, 3.63) is 53.1 Å². The normalized spacial score (nSPS) is 11.9. The monoisotopic (exact) mass is 309 g/mol. The van der Waals surface area contributed by atoms with Gasteiger partial charge in [-0.3, -0.25) is 4.98 Å². The highest BCUT2D eigenvalue weighted by Gasteiger charge is 2.21. The van der Waals surface area contributed by atoms with Crippen LogP contribution in [-0.2, 0) is 4.67 Å². The van der Waals surface area contributed by atoms with E-state index in [0.29, 0.717) is 11.1 Å². The van der Waals surface area contributed by atoms with Crippen LogP contribution in [0.25, 0.3) is 11.1 Å². The molecule has 21 heavy (non-hydrogen) atoms. The summed E-state index contributed by atoms with van der Waals surface area (Å²) in [5.74, 6) is -0.910. The van der Waals surface area contributed by atoms with Gasteiger partial charge in [-0.1, -0.05) is 6.07 Å². The molecule has 0 aliphatic heterocycles. The van der Waals surface area contributed by atoms with Gasteiger partial charge in [0.1, 0.15) is 21.5 Å². The van der Waals surface area contributed by atoms with E-state index in [2.05, 4.69) is 4.98 Å². The van der Waals surface area contributed by atoms with E-state index >= 15 is 0 Å². The summed E-state index contributed by atoms with van der Waals surface area (Å²) in [6, 6.07) is 5.45. The molecule has 0 amide bonds. The maximum atomic E-state index is 13.4. The molecule has 0 radical (unpaired) electrons. The molecule has 0 saturated carbocycles. The van der Waals surface area contributed by atoms with Crippen molar-refractivity contribution in [2.45, 2.75) is 18.0 Å². The number of hydrogen-bond acceptors (Lipinski definition) is 1. The molecule has 1 heterocycles. The molecule has 0 aliphatic carbocycles. The van der Waals surface area contributed by atoms with E-state index < -0.39 is 22.5 Å². The van der Waals surface area contributed by atoms with Crippen molar-refractivity contribution in [1.29, 1.82) is 0 Å². The molecule has 0 bridgehead atoms. The van der Waals surface area contributed by atoms with Crippen LogP contribution < -0.4 is 0 Å². The first kappa shape index (κ1) is 16.0. The van der Waals surface area contributed by atoms with Gasteiger partial charge in [0.25, 0.3) is 6.43 Å². The fourth-order valence-electron chi connectivity index (χ4n) is 2.18. The van der Waals surface area contributed by atoms with Crippen molar-refractivity contribution in [2.24, 2.45) is 0 Å². The lowest BCUT2D eigenvalue weighted by Crippen LogP contribution is -2.20. The molecule has 0 unspecified atom stereocenters. The molecule has 0 spiro atoms. The second-order valence-electron chi connectivity index (χ2n) is 5.37. The minimum Gasteiger partial charge on any atom is -0.261 e. The Labute approximate surface area is 128 Å². The molecular weight excluding hydrogens is 296 g/mol. The van der Waals surface area contributed by atoms with Crippen LogP contribution in [0.4, 0.5) is 13.2 Å². The molecule has 0 N–H and O–H groups in total. The highest BCUT2D eigenvalue weighted by Crippen LogP contribution is 2.31. The molecule has 2 aromatic rings. The van der Waals surface area contributed by atoms with E-state index in [1.54, 1.807) is 12.3 Å². The van der Waals surface area contributed by atoms with Crippen LogP contribution in [0.15, 0.2) is 30.5 Å². The molecule has 1 aromatic carbocycles. The van der Waals surface area contributed by atoms with E-state index in [-0.39, 0.29) is 0 Å². The van der Waals surface area contributed by atoms with E-state index in [1.807, 2.05) is 22.6 Å². The number of rotatable bonds is 3. The average molecular weight is 309 g/mol. The Kier molecular flexibility index (Phi) is 4.38. The Balaban J connectivity index is 2.55.